The zero-order valence-electron chi connectivity index (χ0n) is 27.1. The highest BCUT2D eigenvalue weighted by Gasteiger charge is 2.24. The van der Waals surface area contributed by atoms with Gasteiger partial charge in [-0.1, -0.05) is 127 Å². The molecular formula is C44H44N2. The van der Waals surface area contributed by atoms with E-state index >= 15 is 0 Å². The van der Waals surface area contributed by atoms with Gasteiger partial charge in [0.1, 0.15) is 0 Å². The van der Waals surface area contributed by atoms with Crippen molar-refractivity contribution >= 4 is 11.4 Å². The third kappa shape index (κ3) is 7.76. The molecule has 0 spiro atoms. The van der Waals surface area contributed by atoms with Crippen LogP contribution in [0.2, 0.25) is 0 Å². The minimum Gasteiger partial charge on any atom is -0.378 e. The molecule has 0 aromatic heterocycles. The monoisotopic (exact) mass is 600 g/mol. The number of benzene rings is 4. The van der Waals surface area contributed by atoms with Crippen LogP contribution < -0.4 is 9.80 Å². The van der Waals surface area contributed by atoms with Crippen molar-refractivity contribution in [2.45, 2.75) is 25.7 Å². The molecule has 2 heteroatoms. The molecule has 1 atom stereocenters. The largest absolute Gasteiger partial charge is 0.378 e. The van der Waals surface area contributed by atoms with E-state index in [9.17, 15) is 0 Å². The van der Waals surface area contributed by atoms with Crippen molar-refractivity contribution in [3.63, 3.8) is 0 Å². The average Bonchev–Trinajstić information content (AvgIpc) is 3.41. The van der Waals surface area contributed by atoms with Crippen LogP contribution in [0.25, 0.3) is 22.3 Å². The molecule has 46 heavy (non-hydrogen) atoms. The molecule has 0 amide bonds. The number of anilines is 2. The fraction of sp³-hybridized carbons (Fsp3) is 0.182. The van der Waals surface area contributed by atoms with E-state index in [2.05, 4.69) is 182 Å². The highest BCUT2D eigenvalue weighted by atomic mass is 15.1. The number of rotatable bonds is 7. The van der Waals surface area contributed by atoms with Gasteiger partial charge in [0, 0.05) is 43.6 Å². The van der Waals surface area contributed by atoms with Gasteiger partial charge >= 0.3 is 0 Å². The molecule has 230 valence electrons. The van der Waals surface area contributed by atoms with E-state index in [1.54, 1.807) is 0 Å². The molecule has 0 saturated carbocycles. The first-order valence-corrected chi connectivity index (χ1v) is 16.5. The topological polar surface area (TPSA) is 6.48 Å². The summed E-state index contributed by atoms with van der Waals surface area (Å²) >= 11 is 0. The normalized spacial score (nSPS) is 16.6. The maximum atomic E-state index is 2.50. The van der Waals surface area contributed by atoms with Crippen molar-refractivity contribution in [3.8, 4) is 22.3 Å². The van der Waals surface area contributed by atoms with E-state index in [4.69, 9.17) is 0 Å². The second-order valence-corrected chi connectivity index (χ2v) is 12.2. The molecule has 3 aliphatic carbocycles. The van der Waals surface area contributed by atoms with Gasteiger partial charge in [-0.05, 0) is 95.5 Å². The van der Waals surface area contributed by atoms with E-state index in [-0.39, 0.29) is 0 Å². The summed E-state index contributed by atoms with van der Waals surface area (Å²) in [7, 11) is 4.12. The van der Waals surface area contributed by atoms with Crippen LogP contribution in [0.3, 0.4) is 0 Å². The summed E-state index contributed by atoms with van der Waals surface area (Å²) in [5.41, 5.74) is 11.9. The Kier molecular flexibility index (Phi) is 10.3. The molecule has 2 nitrogen and oxygen atoms in total. The van der Waals surface area contributed by atoms with Crippen LogP contribution in [0, 0.1) is 5.92 Å². The lowest BCUT2D eigenvalue weighted by molar-refractivity contribution is 0.610. The first-order valence-electron chi connectivity index (χ1n) is 16.5. The van der Waals surface area contributed by atoms with Crippen LogP contribution in [0.15, 0.2) is 181 Å². The lowest BCUT2D eigenvalue weighted by atomic mass is 9.82. The summed E-state index contributed by atoms with van der Waals surface area (Å²) in [6.07, 6.45) is 25.1. The van der Waals surface area contributed by atoms with Gasteiger partial charge in [0.15, 0.2) is 0 Å². The Hall–Kier alpha value is -5.08. The zero-order chi connectivity index (χ0) is 31.6. The van der Waals surface area contributed by atoms with Gasteiger partial charge < -0.3 is 9.80 Å². The summed E-state index contributed by atoms with van der Waals surface area (Å²) in [6, 6.07) is 38.7. The van der Waals surface area contributed by atoms with Gasteiger partial charge in [0.2, 0.25) is 0 Å². The van der Waals surface area contributed by atoms with Crippen LogP contribution in [-0.2, 0) is 0 Å². The summed E-state index contributed by atoms with van der Waals surface area (Å²) in [6.45, 7) is 0.988. The van der Waals surface area contributed by atoms with E-state index in [1.165, 1.54) is 63.3 Å². The fourth-order valence-corrected chi connectivity index (χ4v) is 6.34. The molecule has 0 heterocycles. The summed E-state index contributed by atoms with van der Waals surface area (Å²) in [4.78, 5) is 4.62. The Morgan fingerprint density at radius 1 is 0.609 bits per heavy atom. The molecule has 3 aliphatic rings. The van der Waals surface area contributed by atoms with Gasteiger partial charge in [-0.2, -0.15) is 0 Å². The van der Waals surface area contributed by atoms with Crippen molar-refractivity contribution < 1.29 is 0 Å². The zero-order valence-corrected chi connectivity index (χ0v) is 27.1. The first-order chi connectivity index (χ1) is 22.7. The number of allylic oxidation sites excluding steroid dienone is 10. The molecule has 0 saturated heterocycles. The second kappa shape index (κ2) is 15.3. The standard InChI is InChI=1S/C30H29N.C14H15N/c1-2-7-17-28(16-6-1)31(23-27-15-10-14-26-13-8-9-18-30(26)27)29-21-19-25(20-22-29)24-11-4-3-5-12-24;1-15(2)14-10-6-9-13(11-14)12-7-4-3-5-8-12/h1,3-7,9-12,14,16-22,27H,2,8,13,15,23H2;3-11H,1-2H3. The lowest BCUT2D eigenvalue weighted by Crippen LogP contribution is -2.30. The molecule has 0 fully saturated rings. The number of nitrogens with zero attached hydrogens (tertiary/aromatic N) is 2. The van der Waals surface area contributed by atoms with Gasteiger partial charge in [0.25, 0.3) is 0 Å². The third-order valence-electron chi connectivity index (χ3n) is 8.86. The van der Waals surface area contributed by atoms with E-state index in [1.807, 2.05) is 6.07 Å². The van der Waals surface area contributed by atoms with E-state index in [0.717, 1.165) is 19.4 Å². The van der Waals surface area contributed by atoms with Crippen LogP contribution in [0.4, 0.5) is 11.4 Å². The van der Waals surface area contributed by atoms with Gasteiger partial charge in [-0.15, -0.1) is 0 Å². The minimum atomic E-state index is 0.520. The summed E-state index contributed by atoms with van der Waals surface area (Å²) in [5, 5.41) is 0. The molecular weight excluding hydrogens is 556 g/mol. The van der Waals surface area contributed by atoms with Gasteiger partial charge in [-0.25, -0.2) is 0 Å². The Bertz CT molecular complexity index is 1770. The van der Waals surface area contributed by atoms with Crippen molar-refractivity contribution in [1.29, 1.82) is 0 Å². The SMILES string of the molecule is C1=CCC=CC(N(CC2CC=CC3=C2C=CCC3)c2ccc(-c3ccccc3)cc2)=C1.CN(C)c1cccc(-c2ccccc2)c1. The second-order valence-electron chi connectivity index (χ2n) is 12.2. The molecule has 0 N–H and O–H groups in total. The van der Waals surface area contributed by atoms with Crippen LogP contribution >= 0.6 is 0 Å². The Morgan fingerprint density at radius 2 is 1.30 bits per heavy atom. The first kappa shape index (κ1) is 30.9. The molecule has 0 radical (unpaired) electrons. The smallest absolute Gasteiger partial charge is 0.0411 e. The molecule has 0 aliphatic heterocycles. The maximum Gasteiger partial charge on any atom is 0.0411 e. The predicted octanol–water partition coefficient (Wildman–Crippen LogP) is 11.2. The van der Waals surface area contributed by atoms with Crippen LogP contribution in [0.1, 0.15) is 25.7 Å². The predicted molar refractivity (Wildman–Crippen MR) is 199 cm³/mol. The molecule has 4 aromatic rings. The fourth-order valence-electron chi connectivity index (χ4n) is 6.34. The number of hydrogen-bond donors (Lipinski definition) is 0. The summed E-state index contributed by atoms with van der Waals surface area (Å²) < 4.78 is 0. The van der Waals surface area contributed by atoms with Crippen molar-refractivity contribution in [2.75, 3.05) is 30.4 Å². The highest BCUT2D eigenvalue weighted by molar-refractivity contribution is 5.69. The maximum absolute atomic E-state index is 2.50. The average molecular weight is 601 g/mol. The molecule has 7 rings (SSSR count). The quantitative estimate of drug-likeness (QED) is 0.208. The molecule has 1 unspecified atom stereocenters. The van der Waals surface area contributed by atoms with Crippen LogP contribution in [-0.4, -0.2) is 20.6 Å². The Balaban J connectivity index is 0.000000208. The molecule has 4 aromatic carbocycles. The van der Waals surface area contributed by atoms with Crippen molar-refractivity contribution in [2.24, 2.45) is 5.92 Å². The molecule has 0 bridgehead atoms. The Labute approximate surface area is 275 Å². The van der Waals surface area contributed by atoms with E-state index < -0.39 is 0 Å². The van der Waals surface area contributed by atoms with Gasteiger partial charge in [-0.3, -0.25) is 0 Å². The Morgan fingerprint density at radius 3 is 2.04 bits per heavy atom. The lowest BCUT2D eigenvalue weighted by Gasteiger charge is -2.33. The van der Waals surface area contributed by atoms with Crippen molar-refractivity contribution in [3.05, 3.63) is 181 Å². The minimum absolute atomic E-state index is 0.520. The summed E-state index contributed by atoms with van der Waals surface area (Å²) in [5.74, 6) is 0.520. The third-order valence-corrected chi connectivity index (χ3v) is 8.86. The van der Waals surface area contributed by atoms with Gasteiger partial charge in [0.05, 0.1) is 0 Å². The van der Waals surface area contributed by atoms with Crippen molar-refractivity contribution in [1.82, 2.24) is 0 Å². The van der Waals surface area contributed by atoms with Crippen LogP contribution in [0.5, 0.6) is 0 Å². The van der Waals surface area contributed by atoms with E-state index in [0.29, 0.717) is 5.92 Å². The highest BCUT2D eigenvalue weighted by Crippen LogP contribution is 2.35. The number of hydrogen-bond acceptors (Lipinski definition) is 2.